The van der Waals surface area contributed by atoms with Crippen LogP contribution in [0.5, 0.6) is 5.75 Å². The van der Waals surface area contributed by atoms with Crippen LogP contribution in [0.1, 0.15) is 27.0 Å². The topological polar surface area (TPSA) is 59.4 Å². The number of aryl methyl sites for hydroxylation is 2. The van der Waals surface area contributed by atoms with Gasteiger partial charge in [0.05, 0.1) is 12.7 Å². The third kappa shape index (κ3) is 7.04. The average Bonchev–Trinajstić information content (AvgIpc) is 3.21. The molecule has 0 saturated heterocycles. The predicted octanol–water partition coefficient (Wildman–Crippen LogP) is 5.10. The van der Waals surface area contributed by atoms with Gasteiger partial charge in [-0.2, -0.15) is 5.10 Å². The van der Waals surface area contributed by atoms with E-state index < -0.39 is 0 Å². The minimum absolute atomic E-state index is 0.0901. The number of Topliss-reactive ketones (excluding diaryl/α,β-unsaturated/α-hetero) is 1. The van der Waals surface area contributed by atoms with Gasteiger partial charge in [0.25, 0.3) is 0 Å². The number of anilines is 1. The summed E-state index contributed by atoms with van der Waals surface area (Å²) in [5.41, 5.74) is 4.08. The highest BCUT2D eigenvalue weighted by Gasteiger charge is 2.14. The lowest BCUT2D eigenvalue weighted by Gasteiger charge is -2.22. The summed E-state index contributed by atoms with van der Waals surface area (Å²) in [5.74, 6) is 1.84. The van der Waals surface area contributed by atoms with Gasteiger partial charge in [0.15, 0.2) is 5.78 Å². The largest absolute Gasteiger partial charge is 0.489 e. The van der Waals surface area contributed by atoms with E-state index in [1.165, 1.54) is 5.56 Å². The lowest BCUT2D eigenvalue weighted by atomic mass is 10.1. The summed E-state index contributed by atoms with van der Waals surface area (Å²) in [5, 5.41) is 7.74. The molecule has 6 nitrogen and oxygen atoms in total. The lowest BCUT2D eigenvalue weighted by molar-refractivity contribution is 0.0928. The Morgan fingerprint density at radius 1 is 0.943 bits per heavy atom. The Kier molecular flexibility index (Phi) is 8.30. The average molecular weight is 469 g/mol. The van der Waals surface area contributed by atoms with E-state index in [1.807, 2.05) is 97.6 Å². The number of aromatic nitrogens is 2. The van der Waals surface area contributed by atoms with E-state index in [0.29, 0.717) is 31.8 Å². The normalized spacial score (nSPS) is 10.9. The Bertz CT molecular complexity index is 1190. The van der Waals surface area contributed by atoms with Crippen LogP contribution in [0, 0.1) is 6.92 Å². The molecule has 3 aromatic carbocycles. The number of rotatable bonds is 12. The number of ether oxygens (including phenoxy) is 1. The molecule has 0 aliphatic rings. The van der Waals surface area contributed by atoms with E-state index in [1.54, 1.807) is 0 Å². The zero-order chi connectivity index (χ0) is 24.5. The van der Waals surface area contributed by atoms with E-state index in [0.717, 1.165) is 29.2 Å². The quantitative estimate of drug-likeness (QED) is 0.293. The summed E-state index contributed by atoms with van der Waals surface area (Å²) in [6.45, 7) is 5.02. The number of carbonyl (C=O) groups excluding carboxylic acids is 1. The molecule has 1 aromatic heterocycles. The van der Waals surface area contributed by atoms with Crippen LogP contribution in [-0.2, 0) is 20.2 Å². The monoisotopic (exact) mass is 468 g/mol. The maximum absolute atomic E-state index is 13.1. The van der Waals surface area contributed by atoms with E-state index >= 15 is 0 Å². The molecular weight excluding hydrogens is 436 g/mol. The highest BCUT2D eigenvalue weighted by atomic mass is 16.5. The molecule has 1 heterocycles. The number of benzene rings is 3. The highest BCUT2D eigenvalue weighted by Crippen LogP contribution is 2.16. The molecule has 4 rings (SSSR count). The van der Waals surface area contributed by atoms with Gasteiger partial charge in [-0.25, -0.2) is 0 Å². The number of hydrogen-bond acceptors (Lipinski definition) is 5. The van der Waals surface area contributed by atoms with Crippen LogP contribution < -0.4 is 10.1 Å². The van der Waals surface area contributed by atoms with Gasteiger partial charge in [0.1, 0.15) is 18.2 Å². The molecule has 180 valence electrons. The molecule has 6 heteroatoms. The Morgan fingerprint density at radius 3 is 2.23 bits per heavy atom. The third-order valence-electron chi connectivity index (χ3n) is 5.88. The second-order valence-electron chi connectivity index (χ2n) is 8.64. The molecule has 0 saturated carbocycles. The lowest BCUT2D eigenvalue weighted by Crippen LogP contribution is -2.34. The molecule has 1 N–H and O–H groups in total. The first kappa shape index (κ1) is 24.2. The van der Waals surface area contributed by atoms with Crippen molar-refractivity contribution >= 4 is 11.6 Å². The molecule has 0 amide bonds. The smallest absolute Gasteiger partial charge is 0.176 e. The van der Waals surface area contributed by atoms with Gasteiger partial charge < -0.3 is 10.1 Å². The summed E-state index contributed by atoms with van der Waals surface area (Å²) in [6, 6.07) is 27.7. The molecule has 4 aromatic rings. The second-order valence-corrected chi connectivity index (χ2v) is 8.64. The number of carbonyl (C=O) groups is 1. The van der Waals surface area contributed by atoms with Crippen molar-refractivity contribution in [2.24, 2.45) is 7.05 Å². The standard InChI is InChI=1S/C29H32N4O2/c1-23-19-31-32(2)29(23)30-17-18-33(20-24-9-5-3-6-10-24)21-28(34)26-13-15-27(16-14-26)35-22-25-11-7-4-8-12-25/h3-16,19,30H,17-18,20-22H2,1-2H3. The van der Waals surface area contributed by atoms with Crippen LogP contribution in [0.15, 0.2) is 91.1 Å². The summed E-state index contributed by atoms with van der Waals surface area (Å²) in [6.07, 6.45) is 1.85. The van der Waals surface area contributed by atoms with Crippen molar-refractivity contribution < 1.29 is 9.53 Å². The Hall–Kier alpha value is -3.90. The van der Waals surface area contributed by atoms with E-state index in [2.05, 4.69) is 27.4 Å². The zero-order valence-electron chi connectivity index (χ0n) is 20.4. The SMILES string of the molecule is Cc1cnn(C)c1NCCN(CC(=O)c1ccc(OCc2ccccc2)cc1)Cc1ccccc1. The fourth-order valence-electron chi connectivity index (χ4n) is 3.96. The molecule has 0 fully saturated rings. The summed E-state index contributed by atoms with van der Waals surface area (Å²) >= 11 is 0. The van der Waals surface area contributed by atoms with Gasteiger partial charge in [0, 0.05) is 37.8 Å². The van der Waals surface area contributed by atoms with Crippen LogP contribution in [0.3, 0.4) is 0 Å². The zero-order valence-corrected chi connectivity index (χ0v) is 20.4. The molecule has 0 aliphatic carbocycles. The number of ketones is 1. The van der Waals surface area contributed by atoms with Crippen LogP contribution in [-0.4, -0.2) is 40.1 Å². The van der Waals surface area contributed by atoms with Crippen LogP contribution in [0.25, 0.3) is 0 Å². The summed E-state index contributed by atoms with van der Waals surface area (Å²) in [4.78, 5) is 15.3. The summed E-state index contributed by atoms with van der Waals surface area (Å²) in [7, 11) is 1.92. The Morgan fingerprint density at radius 2 is 1.60 bits per heavy atom. The van der Waals surface area contributed by atoms with Crippen molar-refractivity contribution in [2.45, 2.75) is 20.1 Å². The molecule has 0 spiro atoms. The van der Waals surface area contributed by atoms with Crippen molar-refractivity contribution in [1.29, 1.82) is 0 Å². The Balaban J connectivity index is 1.36. The van der Waals surface area contributed by atoms with Gasteiger partial charge in [0.2, 0.25) is 0 Å². The second kappa shape index (κ2) is 12.0. The first-order chi connectivity index (χ1) is 17.1. The van der Waals surface area contributed by atoms with Crippen molar-refractivity contribution in [2.75, 3.05) is 25.0 Å². The molecular formula is C29H32N4O2. The molecule has 0 aliphatic heterocycles. The van der Waals surface area contributed by atoms with Crippen LogP contribution in [0.2, 0.25) is 0 Å². The van der Waals surface area contributed by atoms with Gasteiger partial charge in [-0.15, -0.1) is 0 Å². The van der Waals surface area contributed by atoms with Crippen molar-refractivity contribution in [1.82, 2.24) is 14.7 Å². The number of hydrogen-bond donors (Lipinski definition) is 1. The van der Waals surface area contributed by atoms with Crippen molar-refractivity contribution in [3.63, 3.8) is 0 Å². The predicted molar refractivity (Wildman–Crippen MR) is 140 cm³/mol. The van der Waals surface area contributed by atoms with Gasteiger partial charge in [-0.1, -0.05) is 60.7 Å². The van der Waals surface area contributed by atoms with Crippen LogP contribution in [0.4, 0.5) is 5.82 Å². The number of nitrogens with zero attached hydrogens (tertiary/aromatic N) is 3. The van der Waals surface area contributed by atoms with E-state index in [4.69, 9.17) is 4.74 Å². The number of nitrogens with one attached hydrogen (secondary N) is 1. The van der Waals surface area contributed by atoms with Gasteiger partial charge in [-0.05, 0) is 42.3 Å². The van der Waals surface area contributed by atoms with Crippen LogP contribution >= 0.6 is 0 Å². The molecule has 0 bridgehead atoms. The fraction of sp³-hybridized carbons (Fsp3) is 0.241. The van der Waals surface area contributed by atoms with Gasteiger partial charge >= 0.3 is 0 Å². The molecule has 0 unspecified atom stereocenters. The molecule has 0 radical (unpaired) electrons. The minimum Gasteiger partial charge on any atom is -0.489 e. The fourth-order valence-corrected chi connectivity index (χ4v) is 3.96. The van der Waals surface area contributed by atoms with Gasteiger partial charge in [-0.3, -0.25) is 14.4 Å². The molecule has 35 heavy (non-hydrogen) atoms. The maximum Gasteiger partial charge on any atom is 0.176 e. The highest BCUT2D eigenvalue weighted by molar-refractivity contribution is 5.97. The summed E-state index contributed by atoms with van der Waals surface area (Å²) < 4.78 is 7.69. The first-order valence-corrected chi connectivity index (χ1v) is 11.9. The maximum atomic E-state index is 13.1. The minimum atomic E-state index is 0.0901. The Labute approximate surface area is 207 Å². The van der Waals surface area contributed by atoms with E-state index in [-0.39, 0.29) is 5.78 Å². The first-order valence-electron chi connectivity index (χ1n) is 11.9. The van der Waals surface area contributed by atoms with Crippen molar-refractivity contribution in [3.8, 4) is 5.75 Å². The van der Waals surface area contributed by atoms with E-state index in [9.17, 15) is 4.79 Å². The third-order valence-corrected chi connectivity index (χ3v) is 5.88. The molecule has 0 atom stereocenters. The van der Waals surface area contributed by atoms with Crippen molar-refractivity contribution in [3.05, 3.63) is 113 Å².